The van der Waals surface area contributed by atoms with E-state index in [4.69, 9.17) is 5.73 Å². The molecule has 0 aromatic rings. The number of nitrogens with zero attached hydrogens (tertiary/aromatic N) is 2. The van der Waals surface area contributed by atoms with Crippen LogP contribution in [0.3, 0.4) is 0 Å². The first-order valence-electron chi connectivity index (χ1n) is 7.28. The lowest BCUT2D eigenvalue weighted by atomic mass is 10.00. The van der Waals surface area contributed by atoms with Crippen LogP contribution in [0.15, 0.2) is 0 Å². The third-order valence-corrected chi connectivity index (χ3v) is 4.59. The molecule has 3 N–H and O–H groups in total. The average molecular weight is 238 g/mol. The molecule has 0 spiro atoms. The molecule has 1 atom stereocenters. The number of nitrogens with two attached hydrogens (primary N) is 1. The molecule has 2 aliphatic heterocycles. The molecule has 2 saturated heterocycles. The molecule has 1 saturated carbocycles. The summed E-state index contributed by atoms with van der Waals surface area (Å²) in [5.41, 5.74) is 9.98. The molecular weight excluding hydrogens is 212 g/mol. The average Bonchev–Trinajstić information content (AvgIpc) is 3.14. The van der Waals surface area contributed by atoms with Crippen LogP contribution in [0.1, 0.15) is 38.5 Å². The third-order valence-electron chi connectivity index (χ3n) is 4.59. The Morgan fingerprint density at radius 3 is 2.53 bits per heavy atom. The first-order valence-corrected chi connectivity index (χ1v) is 7.28. The first-order chi connectivity index (χ1) is 8.31. The van der Waals surface area contributed by atoms with Crippen molar-refractivity contribution >= 4 is 0 Å². The Morgan fingerprint density at radius 1 is 1.12 bits per heavy atom. The van der Waals surface area contributed by atoms with Crippen molar-refractivity contribution in [2.45, 2.75) is 50.1 Å². The van der Waals surface area contributed by atoms with E-state index in [1.807, 2.05) is 0 Å². The van der Waals surface area contributed by atoms with E-state index >= 15 is 0 Å². The zero-order valence-electron chi connectivity index (χ0n) is 10.8. The highest BCUT2D eigenvalue weighted by atomic mass is 15.5. The van der Waals surface area contributed by atoms with E-state index in [0.29, 0.717) is 0 Å². The smallest absolute Gasteiger partial charge is 0.0586 e. The molecule has 4 heteroatoms. The molecule has 1 aliphatic carbocycles. The van der Waals surface area contributed by atoms with E-state index in [1.54, 1.807) is 0 Å². The number of piperidine rings is 1. The van der Waals surface area contributed by atoms with Crippen LogP contribution in [-0.2, 0) is 0 Å². The van der Waals surface area contributed by atoms with Crippen molar-refractivity contribution < 1.29 is 0 Å². The van der Waals surface area contributed by atoms with Gasteiger partial charge in [0.2, 0.25) is 0 Å². The van der Waals surface area contributed by atoms with Gasteiger partial charge in [-0.2, -0.15) is 0 Å². The predicted octanol–water partition coefficient (Wildman–Crippen LogP) is 0.543. The number of hydrazine groups is 1. The van der Waals surface area contributed by atoms with Gasteiger partial charge in [0.1, 0.15) is 0 Å². The van der Waals surface area contributed by atoms with Gasteiger partial charge in [0.05, 0.1) is 5.54 Å². The minimum absolute atomic E-state index is 0.167. The van der Waals surface area contributed by atoms with Crippen molar-refractivity contribution in [3.05, 3.63) is 0 Å². The fraction of sp³-hybridized carbons (Fsp3) is 1.00. The topological polar surface area (TPSA) is 44.5 Å². The summed E-state index contributed by atoms with van der Waals surface area (Å²) in [5.74, 6) is 0. The van der Waals surface area contributed by atoms with Crippen LogP contribution < -0.4 is 11.2 Å². The summed E-state index contributed by atoms with van der Waals surface area (Å²) in [7, 11) is 0. The first kappa shape index (κ1) is 11.9. The van der Waals surface area contributed by atoms with E-state index < -0.39 is 0 Å². The molecule has 3 rings (SSSR count). The van der Waals surface area contributed by atoms with Gasteiger partial charge in [-0.1, -0.05) is 6.42 Å². The van der Waals surface area contributed by atoms with Crippen LogP contribution in [0.5, 0.6) is 0 Å². The van der Waals surface area contributed by atoms with Gasteiger partial charge < -0.3 is 5.73 Å². The summed E-state index contributed by atoms with van der Waals surface area (Å²) in [5, 5.41) is 2.42. The molecule has 98 valence electrons. The third kappa shape index (κ3) is 2.65. The minimum Gasteiger partial charge on any atom is -0.329 e. The van der Waals surface area contributed by atoms with Crippen LogP contribution in [-0.4, -0.2) is 54.2 Å². The van der Waals surface area contributed by atoms with E-state index in [1.165, 1.54) is 58.2 Å². The maximum absolute atomic E-state index is 6.05. The Balaban J connectivity index is 1.57. The van der Waals surface area contributed by atoms with E-state index in [2.05, 4.69) is 15.3 Å². The van der Waals surface area contributed by atoms with Crippen molar-refractivity contribution in [3.8, 4) is 0 Å². The lowest BCUT2D eigenvalue weighted by Crippen LogP contribution is -2.60. The Kier molecular flexibility index (Phi) is 3.39. The minimum atomic E-state index is 0.167. The highest BCUT2D eigenvalue weighted by Gasteiger charge is 2.43. The van der Waals surface area contributed by atoms with Gasteiger partial charge in [-0.15, -0.1) is 0 Å². The normalized spacial score (nSPS) is 36.5. The second-order valence-electron chi connectivity index (χ2n) is 6.10. The lowest BCUT2D eigenvalue weighted by Gasteiger charge is -2.38. The predicted molar refractivity (Wildman–Crippen MR) is 69.6 cm³/mol. The molecule has 4 nitrogen and oxygen atoms in total. The molecule has 3 aliphatic rings. The summed E-state index contributed by atoms with van der Waals surface area (Å²) in [4.78, 5) is 2.64. The van der Waals surface area contributed by atoms with Crippen LogP contribution in [0.25, 0.3) is 0 Å². The SMILES string of the molecule is NCC1(NN2CCCCC2)CCN(C2CC2)C1. The Hall–Kier alpha value is -0.160. The zero-order valence-corrected chi connectivity index (χ0v) is 10.8. The molecule has 2 heterocycles. The van der Waals surface area contributed by atoms with Gasteiger partial charge in [0.15, 0.2) is 0 Å². The summed E-state index contributed by atoms with van der Waals surface area (Å²) in [6.07, 6.45) is 8.09. The van der Waals surface area contributed by atoms with Gasteiger partial charge in [-0.25, -0.2) is 10.4 Å². The van der Waals surface area contributed by atoms with Gasteiger partial charge in [-0.05, 0) is 32.1 Å². The molecular formula is C13H26N4. The van der Waals surface area contributed by atoms with Gasteiger partial charge >= 0.3 is 0 Å². The summed E-state index contributed by atoms with van der Waals surface area (Å²) in [6.45, 7) is 5.57. The van der Waals surface area contributed by atoms with Crippen molar-refractivity contribution in [1.29, 1.82) is 0 Å². The number of rotatable bonds is 4. The molecule has 1 unspecified atom stereocenters. The van der Waals surface area contributed by atoms with Crippen molar-refractivity contribution in [2.75, 3.05) is 32.7 Å². The van der Waals surface area contributed by atoms with Crippen LogP contribution in [0, 0.1) is 0 Å². The maximum Gasteiger partial charge on any atom is 0.0586 e. The van der Waals surface area contributed by atoms with Crippen LogP contribution in [0.2, 0.25) is 0 Å². The van der Waals surface area contributed by atoms with E-state index in [0.717, 1.165) is 19.1 Å². The molecule has 17 heavy (non-hydrogen) atoms. The number of likely N-dealkylation sites (tertiary alicyclic amines) is 1. The second-order valence-corrected chi connectivity index (χ2v) is 6.10. The quantitative estimate of drug-likeness (QED) is 0.750. The molecule has 3 fully saturated rings. The van der Waals surface area contributed by atoms with Crippen molar-refractivity contribution in [2.24, 2.45) is 5.73 Å². The lowest BCUT2D eigenvalue weighted by molar-refractivity contribution is 0.0849. The maximum atomic E-state index is 6.05. The monoisotopic (exact) mass is 238 g/mol. The fourth-order valence-corrected chi connectivity index (χ4v) is 3.30. The Morgan fingerprint density at radius 2 is 1.88 bits per heavy atom. The summed E-state index contributed by atoms with van der Waals surface area (Å²) in [6, 6.07) is 0.881. The zero-order chi connectivity index (χ0) is 11.7. The van der Waals surface area contributed by atoms with Crippen molar-refractivity contribution in [1.82, 2.24) is 15.3 Å². The van der Waals surface area contributed by atoms with Crippen LogP contribution >= 0.6 is 0 Å². The van der Waals surface area contributed by atoms with Gasteiger partial charge in [-0.3, -0.25) is 4.90 Å². The fourth-order valence-electron chi connectivity index (χ4n) is 3.30. The molecule has 0 amide bonds. The molecule has 0 aromatic carbocycles. The highest BCUT2D eigenvalue weighted by Crippen LogP contribution is 2.33. The second kappa shape index (κ2) is 4.84. The molecule has 0 radical (unpaired) electrons. The van der Waals surface area contributed by atoms with Crippen LogP contribution in [0.4, 0.5) is 0 Å². The van der Waals surface area contributed by atoms with Gasteiger partial charge in [0.25, 0.3) is 0 Å². The molecule has 0 aromatic heterocycles. The van der Waals surface area contributed by atoms with E-state index in [9.17, 15) is 0 Å². The van der Waals surface area contributed by atoms with Crippen molar-refractivity contribution in [3.63, 3.8) is 0 Å². The van der Waals surface area contributed by atoms with Gasteiger partial charge in [0, 0.05) is 38.8 Å². The molecule has 0 bridgehead atoms. The van der Waals surface area contributed by atoms with E-state index in [-0.39, 0.29) is 5.54 Å². The highest BCUT2D eigenvalue weighted by molar-refractivity contribution is 5.01. The number of hydrogen-bond donors (Lipinski definition) is 2. The summed E-state index contributed by atoms with van der Waals surface area (Å²) < 4.78 is 0. The Labute approximate surface area is 104 Å². The largest absolute Gasteiger partial charge is 0.329 e. The standard InChI is InChI=1S/C13H26N4/c14-10-13(15-17-7-2-1-3-8-17)6-9-16(11-13)12-4-5-12/h12,15H,1-11,14H2. The Bertz CT molecular complexity index is 260. The summed E-state index contributed by atoms with van der Waals surface area (Å²) >= 11 is 0. The number of hydrogen-bond acceptors (Lipinski definition) is 4. The number of nitrogens with one attached hydrogen (secondary N) is 1.